The van der Waals surface area contributed by atoms with E-state index < -0.39 is 0 Å². The first-order valence-electron chi connectivity index (χ1n) is 7.98. The van der Waals surface area contributed by atoms with Crippen molar-refractivity contribution in [2.24, 2.45) is 40.4 Å². The Bertz CT molecular complexity index is 360. The largest absolute Gasteiger partial charge is 0.0851 e. The molecule has 0 aromatic carbocycles. The minimum Gasteiger partial charge on any atom is -0.0851 e. The average molecular weight is 246 g/mol. The van der Waals surface area contributed by atoms with E-state index >= 15 is 0 Å². The second kappa shape index (κ2) is 3.87. The molecule has 2 saturated carbocycles. The van der Waals surface area contributed by atoms with Gasteiger partial charge in [-0.15, -0.1) is 0 Å². The second-order valence-electron chi connectivity index (χ2n) is 8.84. The third-order valence-electron chi connectivity index (χ3n) is 6.70. The molecule has 0 heterocycles. The molecule has 0 amide bonds. The van der Waals surface area contributed by atoms with Crippen LogP contribution in [0.5, 0.6) is 0 Å². The van der Waals surface area contributed by atoms with Gasteiger partial charge in [-0.3, -0.25) is 0 Å². The molecule has 3 aliphatic carbocycles. The van der Waals surface area contributed by atoms with Crippen molar-refractivity contribution in [1.82, 2.24) is 0 Å². The van der Waals surface area contributed by atoms with Crippen molar-refractivity contribution in [3.8, 4) is 0 Å². The molecule has 0 spiro atoms. The van der Waals surface area contributed by atoms with E-state index in [2.05, 4.69) is 46.8 Å². The van der Waals surface area contributed by atoms with Crippen molar-refractivity contribution in [2.45, 2.75) is 60.3 Å². The predicted octanol–water partition coefficient (Wildman–Crippen LogP) is 5.30. The van der Waals surface area contributed by atoms with E-state index in [1.54, 1.807) is 0 Å². The third kappa shape index (κ3) is 1.87. The van der Waals surface area contributed by atoms with Gasteiger partial charge in [0, 0.05) is 0 Å². The zero-order valence-electron chi connectivity index (χ0n) is 12.9. The Balaban J connectivity index is 1.82. The summed E-state index contributed by atoms with van der Waals surface area (Å²) in [7, 11) is 0. The molecule has 0 saturated heterocycles. The zero-order valence-corrected chi connectivity index (χ0v) is 12.9. The quantitative estimate of drug-likeness (QED) is 0.551. The van der Waals surface area contributed by atoms with Crippen molar-refractivity contribution >= 4 is 0 Å². The molecule has 0 aliphatic heterocycles. The molecule has 5 atom stereocenters. The minimum atomic E-state index is 0.535. The van der Waals surface area contributed by atoms with Gasteiger partial charge in [0.15, 0.2) is 0 Å². The SMILES string of the molecule is CC1CC(C2CC3C=CC2C3)C(C)(C)CC1(C)C. The fourth-order valence-corrected chi connectivity index (χ4v) is 5.54. The summed E-state index contributed by atoms with van der Waals surface area (Å²) < 4.78 is 0. The van der Waals surface area contributed by atoms with Crippen LogP contribution in [0, 0.1) is 40.4 Å². The topological polar surface area (TPSA) is 0 Å². The molecule has 0 radical (unpaired) electrons. The molecule has 2 bridgehead atoms. The highest BCUT2D eigenvalue weighted by atomic mass is 14.6. The Kier molecular flexibility index (Phi) is 2.74. The first-order valence-corrected chi connectivity index (χ1v) is 7.98. The molecule has 2 fully saturated rings. The first-order chi connectivity index (χ1) is 8.29. The first kappa shape index (κ1) is 12.8. The lowest BCUT2D eigenvalue weighted by Gasteiger charge is -2.53. The highest BCUT2D eigenvalue weighted by Gasteiger charge is 2.50. The Morgan fingerprint density at radius 1 is 0.889 bits per heavy atom. The van der Waals surface area contributed by atoms with Crippen molar-refractivity contribution in [3.05, 3.63) is 12.2 Å². The highest BCUT2D eigenvalue weighted by molar-refractivity contribution is 5.13. The van der Waals surface area contributed by atoms with E-state index in [9.17, 15) is 0 Å². The molecule has 102 valence electrons. The molecule has 0 aromatic heterocycles. The van der Waals surface area contributed by atoms with Crippen molar-refractivity contribution < 1.29 is 0 Å². The smallest absolute Gasteiger partial charge is 0.0196 e. The standard InChI is InChI=1S/C18H30/c1-12-8-16(18(4,5)11-17(12,2)3)15-10-13-6-7-14(15)9-13/h6-7,12-16H,8-11H2,1-5H3. The van der Waals surface area contributed by atoms with Crippen LogP contribution < -0.4 is 0 Å². The van der Waals surface area contributed by atoms with E-state index in [0.29, 0.717) is 10.8 Å². The number of allylic oxidation sites excluding steroid dienone is 2. The van der Waals surface area contributed by atoms with Crippen LogP contribution in [-0.2, 0) is 0 Å². The lowest BCUT2D eigenvalue weighted by molar-refractivity contribution is -0.0310. The summed E-state index contributed by atoms with van der Waals surface area (Å²) in [5.41, 5.74) is 1.08. The van der Waals surface area contributed by atoms with E-state index in [-0.39, 0.29) is 0 Å². The predicted molar refractivity (Wildman–Crippen MR) is 78.3 cm³/mol. The van der Waals surface area contributed by atoms with Gasteiger partial charge in [0.25, 0.3) is 0 Å². The van der Waals surface area contributed by atoms with E-state index in [1.165, 1.54) is 25.7 Å². The number of rotatable bonds is 1. The van der Waals surface area contributed by atoms with E-state index in [1.807, 2.05) is 0 Å². The van der Waals surface area contributed by atoms with Crippen molar-refractivity contribution in [3.63, 3.8) is 0 Å². The van der Waals surface area contributed by atoms with Crippen LogP contribution in [0.1, 0.15) is 60.3 Å². The molecular weight excluding hydrogens is 216 g/mol. The number of hydrogen-bond acceptors (Lipinski definition) is 0. The molecule has 0 N–H and O–H groups in total. The van der Waals surface area contributed by atoms with Gasteiger partial charge in [-0.25, -0.2) is 0 Å². The Labute approximate surface area is 113 Å². The van der Waals surface area contributed by atoms with Crippen LogP contribution in [0.4, 0.5) is 0 Å². The van der Waals surface area contributed by atoms with Gasteiger partial charge in [-0.05, 0) is 66.1 Å². The fourth-order valence-electron chi connectivity index (χ4n) is 5.54. The maximum absolute atomic E-state index is 2.54. The monoisotopic (exact) mass is 246 g/mol. The van der Waals surface area contributed by atoms with Gasteiger partial charge in [0.2, 0.25) is 0 Å². The van der Waals surface area contributed by atoms with E-state index in [4.69, 9.17) is 0 Å². The summed E-state index contributed by atoms with van der Waals surface area (Å²) in [4.78, 5) is 0. The van der Waals surface area contributed by atoms with Crippen LogP contribution in [0.3, 0.4) is 0 Å². The number of fused-ring (bicyclic) bond motifs is 2. The molecule has 0 heteroatoms. The number of hydrogen-bond donors (Lipinski definition) is 0. The van der Waals surface area contributed by atoms with Crippen molar-refractivity contribution in [1.29, 1.82) is 0 Å². The molecular formula is C18H30. The Morgan fingerprint density at radius 3 is 2.17 bits per heavy atom. The molecule has 3 rings (SSSR count). The Hall–Kier alpha value is -0.260. The minimum absolute atomic E-state index is 0.535. The van der Waals surface area contributed by atoms with Gasteiger partial charge in [-0.1, -0.05) is 46.8 Å². The molecule has 5 unspecified atom stereocenters. The van der Waals surface area contributed by atoms with Crippen LogP contribution in [0.2, 0.25) is 0 Å². The summed E-state index contributed by atoms with van der Waals surface area (Å²) >= 11 is 0. The fraction of sp³-hybridized carbons (Fsp3) is 0.889. The van der Waals surface area contributed by atoms with Crippen LogP contribution >= 0.6 is 0 Å². The Morgan fingerprint density at radius 2 is 1.61 bits per heavy atom. The second-order valence-corrected chi connectivity index (χ2v) is 8.84. The summed E-state index contributed by atoms with van der Waals surface area (Å²) in [6.45, 7) is 12.5. The van der Waals surface area contributed by atoms with Gasteiger partial charge in [-0.2, -0.15) is 0 Å². The molecule has 3 aliphatic rings. The van der Waals surface area contributed by atoms with Crippen LogP contribution in [-0.4, -0.2) is 0 Å². The lowest BCUT2D eigenvalue weighted by Crippen LogP contribution is -2.44. The highest BCUT2D eigenvalue weighted by Crippen LogP contribution is 2.59. The summed E-state index contributed by atoms with van der Waals surface area (Å²) in [5.74, 6) is 4.70. The molecule has 0 nitrogen and oxygen atoms in total. The van der Waals surface area contributed by atoms with Gasteiger partial charge in [0.05, 0.1) is 0 Å². The maximum atomic E-state index is 2.54. The molecule has 0 aromatic rings. The summed E-state index contributed by atoms with van der Waals surface area (Å²) in [5, 5.41) is 0. The van der Waals surface area contributed by atoms with Gasteiger partial charge in [0.1, 0.15) is 0 Å². The lowest BCUT2D eigenvalue weighted by atomic mass is 9.52. The van der Waals surface area contributed by atoms with Gasteiger partial charge < -0.3 is 0 Å². The van der Waals surface area contributed by atoms with Crippen molar-refractivity contribution in [2.75, 3.05) is 0 Å². The van der Waals surface area contributed by atoms with Crippen LogP contribution in [0.15, 0.2) is 12.2 Å². The normalized spacial score (nSPS) is 48.6. The third-order valence-corrected chi connectivity index (χ3v) is 6.70. The van der Waals surface area contributed by atoms with Crippen LogP contribution in [0.25, 0.3) is 0 Å². The summed E-state index contributed by atoms with van der Waals surface area (Å²) in [6, 6.07) is 0. The van der Waals surface area contributed by atoms with Gasteiger partial charge >= 0.3 is 0 Å². The zero-order chi connectivity index (χ0) is 13.1. The summed E-state index contributed by atoms with van der Waals surface area (Å²) in [6.07, 6.45) is 10.9. The average Bonchev–Trinajstić information content (AvgIpc) is 2.83. The maximum Gasteiger partial charge on any atom is -0.0196 e. The molecule has 18 heavy (non-hydrogen) atoms. The van der Waals surface area contributed by atoms with E-state index in [0.717, 1.165) is 29.6 Å².